The van der Waals surface area contributed by atoms with Crippen molar-refractivity contribution in [1.82, 2.24) is 0 Å². The molecule has 72 valence electrons. The van der Waals surface area contributed by atoms with Crippen LogP contribution >= 0.6 is 0 Å². The van der Waals surface area contributed by atoms with Crippen LogP contribution in [0.3, 0.4) is 0 Å². The van der Waals surface area contributed by atoms with Crippen LogP contribution in [-0.2, 0) is 7.58 Å². The minimum absolute atomic E-state index is 0.357. The molecule has 0 aromatic carbocycles. The van der Waals surface area contributed by atoms with Crippen molar-refractivity contribution in [2.24, 2.45) is 0 Å². The summed E-state index contributed by atoms with van der Waals surface area (Å²) in [6.07, 6.45) is 2.86. The van der Waals surface area contributed by atoms with Crippen LogP contribution in [0.15, 0.2) is 0 Å². The van der Waals surface area contributed by atoms with Gasteiger partial charge in [0.2, 0.25) is 0 Å². The monoisotopic (exact) mass is 188 g/mol. The van der Waals surface area contributed by atoms with Gasteiger partial charge < -0.3 is 7.58 Å². The van der Waals surface area contributed by atoms with E-state index in [1.165, 1.54) is 0 Å². The molecule has 2 atom stereocenters. The fraction of sp³-hybridized carbons (Fsp3) is 1.00. The molecule has 0 bridgehead atoms. The maximum atomic E-state index is 5.69. The molecule has 0 aliphatic carbocycles. The van der Waals surface area contributed by atoms with Crippen LogP contribution in [0.25, 0.3) is 0 Å². The highest BCUT2D eigenvalue weighted by molar-refractivity contribution is 6.42. The van der Waals surface area contributed by atoms with Crippen LogP contribution in [0.5, 0.6) is 0 Å². The van der Waals surface area contributed by atoms with Crippen molar-refractivity contribution < 1.29 is 7.58 Å². The van der Waals surface area contributed by atoms with Crippen molar-refractivity contribution in [3.05, 3.63) is 0 Å². The summed E-state index contributed by atoms with van der Waals surface area (Å²) in [7, 11) is 0. The van der Waals surface area contributed by atoms with E-state index in [0.717, 1.165) is 12.8 Å². The third kappa shape index (κ3) is 6.02. The van der Waals surface area contributed by atoms with Crippen LogP contribution in [0.4, 0.5) is 0 Å². The van der Waals surface area contributed by atoms with Crippen LogP contribution in [0.1, 0.15) is 40.5 Å². The summed E-state index contributed by atoms with van der Waals surface area (Å²) in [6, 6.07) is 0. The third-order valence-electron chi connectivity index (χ3n) is 2.00. The van der Waals surface area contributed by atoms with E-state index in [1.54, 1.807) is 0 Å². The van der Waals surface area contributed by atoms with Gasteiger partial charge in [0.15, 0.2) is 0 Å². The van der Waals surface area contributed by atoms with Gasteiger partial charge in [0.1, 0.15) is 0 Å². The van der Waals surface area contributed by atoms with E-state index >= 15 is 0 Å². The number of rotatable bonds is 6. The lowest BCUT2D eigenvalue weighted by Gasteiger charge is -2.18. The summed E-state index contributed by atoms with van der Waals surface area (Å²) in [6.45, 7) is 8.47. The first-order chi connectivity index (χ1) is 5.60. The Morgan fingerprint density at radius 3 is 1.58 bits per heavy atom. The molecule has 0 aliphatic rings. The zero-order valence-electron chi connectivity index (χ0n) is 8.96. The summed E-state index contributed by atoms with van der Waals surface area (Å²) in [5.41, 5.74) is 0. The van der Waals surface area contributed by atoms with E-state index in [-0.39, 0.29) is 0 Å². The first-order valence-corrected chi connectivity index (χ1v) is 7.00. The molecule has 0 N–H and O–H groups in total. The molecule has 12 heavy (non-hydrogen) atoms. The van der Waals surface area contributed by atoms with Gasteiger partial charge in [-0.25, -0.2) is 0 Å². The SMILES string of the molecule is CCC(C)[O][Al]([CH3])[O]C(C)CC. The van der Waals surface area contributed by atoms with Crippen LogP contribution in [0.2, 0.25) is 5.79 Å². The Kier molecular flexibility index (Phi) is 7.17. The molecule has 0 aromatic rings. The van der Waals surface area contributed by atoms with E-state index in [1.807, 2.05) is 0 Å². The van der Waals surface area contributed by atoms with Gasteiger partial charge >= 0.3 is 14.8 Å². The fourth-order valence-corrected chi connectivity index (χ4v) is 2.64. The molecule has 3 heteroatoms. The quantitative estimate of drug-likeness (QED) is 0.597. The number of hydrogen-bond donors (Lipinski definition) is 0. The first-order valence-electron chi connectivity index (χ1n) is 4.91. The normalized spacial score (nSPS) is 15.8. The molecule has 0 aromatic heterocycles. The summed E-state index contributed by atoms with van der Waals surface area (Å²) in [4.78, 5) is 0. The molecular weight excluding hydrogens is 167 g/mol. The van der Waals surface area contributed by atoms with Crippen LogP contribution < -0.4 is 0 Å². The minimum Gasteiger partial charge on any atom is -0.476 e. The van der Waals surface area contributed by atoms with Gasteiger partial charge in [-0.3, -0.25) is 0 Å². The van der Waals surface area contributed by atoms with Gasteiger partial charge in [-0.15, -0.1) is 0 Å². The highest BCUT2D eigenvalue weighted by atomic mass is 27.2. The Bertz CT molecular complexity index is 96.7. The van der Waals surface area contributed by atoms with Crippen molar-refractivity contribution in [3.8, 4) is 0 Å². The third-order valence-corrected chi connectivity index (χ3v) is 3.69. The van der Waals surface area contributed by atoms with Crippen LogP contribution in [0, 0.1) is 0 Å². The zero-order valence-corrected chi connectivity index (χ0v) is 10.1. The minimum atomic E-state index is -1.35. The van der Waals surface area contributed by atoms with Gasteiger partial charge in [-0.1, -0.05) is 19.6 Å². The molecule has 0 saturated carbocycles. The van der Waals surface area contributed by atoms with Gasteiger partial charge in [0.05, 0.1) is 0 Å². The summed E-state index contributed by atoms with van der Waals surface area (Å²) >= 11 is -1.35. The predicted octanol–water partition coefficient (Wildman–Crippen LogP) is 2.73. The maximum Gasteiger partial charge on any atom is 0.671 e. The van der Waals surface area contributed by atoms with E-state index < -0.39 is 14.8 Å². The highest BCUT2D eigenvalue weighted by Crippen LogP contribution is 2.04. The van der Waals surface area contributed by atoms with E-state index in [2.05, 4.69) is 33.5 Å². The Morgan fingerprint density at radius 2 is 1.33 bits per heavy atom. The van der Waals surface area contributed by atoms with Crippen molar-refractivity contribution in [1.29, 1.82) is 0 Å². The van der Waals surface area contributed by atoms with Gasteiger partial charge in [-0.05, 0) is 26.7 Å². The largest absolute Gasteiger partial charge is 0.671 e. The second-order valence-electron chi connectivity index (χ2n) is 3.28. The van der Waals surface area contributed by atoms with E-state index in [0.29, 0.717) is 12.2 Å². The molecule has 2 nitrogen and oxygen atoms in total. The lowest BCUT2D eigenvalue weighted by atomic mass is 10.3. The Hall–Kier alpha value is 0.452. The molecule has 0 aliphatic heterocycles. The van der Waals surface area contributed by atoms with Gasteiger partial charge in [0, 0.05) is 12.2 Å². The first kappa shape index (κ1) is 12.5. The predicted molar refractivity (Wildman–Crippen MR) is 53.3 cm³/mol. The summed E-state index contributed by atoms with van der Waals surface area (Å²) in [5, 5.41) is 0. The second-order valence-corrected chi connectivity index (χ2v) is 4.96. The zero-order chi connectivity index (χ0) is 9.56. The summed E-state index contributed by atoms with van der Waals surface area (Å²) < 4.78 is 11.4. The van der Waals surface area contributed by atoms with Crippen molar-refractivity contribution >= 4 is 14.8 Å². The highest BCUT2D eigenvalue weighted by Gasteiger charge is 2.21. The van der Waals surface area contributed by atoms with Gasteiger partial charge in [0.25, 0.3) is 0 Å². The topological polar surface area (TPSA) is 18.5 Å². The second kappa shape index (κ2) is 6.91. The van der Waals surface area contributed by atoms with Crippen molar-refractivity contribution in [2.75, 3.05) is 0 Å². The maximum absolute atomic E-state index is 5.69. The Labute approximate surface area is 81.3 Å². The molecule has 0 radical (unpaired) electrons. The molecule has 0 fully saturated rings. The smallest absolute Gasteiger partial charge is 0.476 e. The average molecular weight is 188 g/mol. The van der Waals surface area contributed by atoms with Crippen molar-refractivity contribution in [3.63, 3.8) is 0 Å². The Balaban J connectivity index is 3.51. The average Bonchev–Trinajstić information content (AvgIpc) is 2.03. The summed E-state index contributed by atoms with van der Waals surface area (Å²) in [5.74, 6) is 2.10. The molecule has 0 rings (SSSR count). The molecule has 0 amide bonds. The van der Waals surface area contributed by atoms with Crippen molar-refractivity contribution in [2.45, 2.75) is 58.5 Å². The van der Waals surface area contributed by atoms with Gasteiger partial charge in [-0.2, -0.15) is 0 Å². The lowest BCUT2D eigenvalue weighted by Crippen LogP contribution is -2.27. The lowest BCUT2D eigenvalue weighted by molar-refractivity contribution is 0.115. The van der Waals surface area contributed by atoms with E-state index in [9.17, 15) is 0 Å². The molecule has 2 unspecified atom stereocenters. The standard InChI is InChI=1S/2C4H9O.CH3.Al/c2*1-3-4(2)5;;/h2*4H,3H2,1-2H3;1H3;/q2*-1;;+2. The Morgan fingerprint density at radius 1 is 1.00 bits per heavy atom. The molecule has 0 heterocycles. The molecular formula is C9H21AlO2. The molecule has 0 saturated heterocycles. The fourth-order valence-electron chi connectivity index (χ4n) is 0.879. The number of hydrogen-bond acceptors (Lipinski definition) is 2. The van der Waals surface area contributed by atoms with E-state index in [4.69, 9.17) is 7.58 Å². The molecule has 0 spiro atoms. The van der Waals surface area contributed by atoms with Crippen LogP contribution in [-0.4, -0.2) is 27.0 Å².